The lowest BCUT2D eigenvalue weighted by Crippen LogP contribution is -2.09. The van der Waals surface area contributed by atoms with Gasteiger partial charge >= 0.3 is 0 Å². The normalized spacial score (nSPS) is 12.2. The van der Waals surface area contributed by atoms with Gasteiger partial charge in [0.1, 0.15) is 0 Å². The molecular formula is C60H41N. The Hall–Kier alpha value is -8.00. The van der Waals surface area contributed by atoms with Gasteiger partial charge in [0.15, 0.2) is 0 Å². The second-order valence-electron chi connectivity index (χ2n) is 15.4. The Balaban J connectivity index is 1.04. The number of nitrogens with zero attached hydrogens (tertiary/aromatic N) is 1. The van der Waals surface area contributed by atoms with Crippen molar-refractivity contribution < 1.29 is 5.48 Å². The van der Waals surface area contributed by atoms with Crippen LogP contribution in [0.3, 0.4) is 0 Å². The van der Waals surface area contributed by atoms with Crippen molar-refractivity contribution in [2.24, 2.45) is 0 Å². The molecule has 0 aliphatic heterocycles. The van der Waals surface area contributed by atoms with Gasteiger partial charge in [-0.2, -0.15) is 0 Å². The first kappa shape index (κ1) is 31.9. The Morgan fingerprint density at radius 1 is 0.262 bits per heavy atom. The van der Waals surface area contributed by atoms with Crippen molar-refractivity contribution in [2.45, 2.75) is 0 Å². The Morgan fingerprint density at radius 2 is 0.705 bits per heavy atom. The lowest BCUT2D eigenvalue weighted by Gasteiger charge is -2.26. The molecule has 11 aromatic carbocycles. The van der Waals surface area contributed by atoms with Crippen molar-refractivity contribution in [3.8, 4) is 55.6 Å². The van der Waals surface area contributed by atoms with Gasteiger partial charge in [-0.05, 0) is 130 Å². The number of hydrogen-bond donors (Lipinski definition) is 0. The first-order valence-corrected chi connectivity index (χ1v) is 20.7. The maximum Gasteiger partial charge on any atom is 0.0645 e. The predicted molar refractivity (Wildman–Crippen MR) is 261 cm³/mol. The fourth-order valence-corrected chi connectivity index (χ4v) is 8.64. The van der Waals surface area contributed by atoms with Crippen LogP contribution in [-0.4, -0.2) is 0 Å². The van der Waals surface area contributed by atoms with Crippen LogP contribution in [0.2, 0.25) is 0 Å². The third kappa shape index (κ3) is 6.93. The van der Waals surface area contributed by atoms with Crippen LogP contribution < -0.4 is 4.90 Å². The smallest absolute Gasteiger partial charge is 0.0645 e. The summed E-state index contributed by atoms with van der Waals surface area (Å²) < 4.78 is 38.0. The standard InChI is InChI=1S/C60H41N/c1-3-11-42(12-4-1)43-19-21-44(22-20-43)45-25-33-53(34-26-45)61(54-35-27-46(28-36-54)51-32-39-57-52(41-51)24-23-48-15-7-9-17-56(48)57)55-37-29-50(30-38-55)60-58-18-10-8-16-49(58)31-40-59(60)47-13-5-2-6-14-47/h1-41H/i25D,26D,33D,34D. The third-order valence-electron chi connectivity index (χ3n) is 11.7. The van der Waals surface area contributed by atoms with Gasteiger partial charge in [0.2, 0.25) is 0 Å². The Morgan fingerprint density at radius 3 is 1.38 bits per heavy atom. The molecule has 286 valence electrons. The van der Waals surface area contributed by atoms with E-state index in [1.165, 1.54) is 16.2 Å². The molecule has 0 bridgehead atoms. The SMILES string of the molecule is [2H]c1c([2H])c(N(c2ccc(-c3ccc4c(ccc5ccccc54)c3)cc2)c2ccc(-c3c(-c4ccccc4)ccc4ccccc34)cc2)c([2H])c([2H])c1-c1ccc(-c2ccccc2)cc1. The maximum atomic E-state index is 9.60. The van der Waals surface area contributed by atoms with Gasteiger partial charge in [0, 0.05) is 17.1 Å². The molecule has 1 heteroatoms. The highest BCUT2D eigenvalue weighted by atomic mass is 15.1. The average molecular weight is 780 g/mol. The van der Waals surface area contributed by atoms with E-state index in [2.05, 4.69) is 140 Å². The van der Waals surface area contributed by atoms with Crippen LogP contribution in [0.25, 0.3) is 88.0 Å². The zero-order chi connectivity index (χ0) is 44.0. The van der Waals surface area contributed by atoms with Crippen LogP contribution in [0.4, 0.5) is 17.1 Å². The molecule has 0 heterocycles. The molecule has 0 fully saturated rings. The molecule has 61 heavy (non-hydrogen) atoms. The Bertz CT molecular complexity index is 3520. The number of benzene rings is 11. The summed E-state index contributed by atoms with van der Waals surface area (Å²) in [5.41, 5.74) is 11.1. The highest BCUT2D eigenvalue weighted by molar-refractivity contribution is 6.08. The number of hydrogen-bond acceptors (Lipinski definition) is 1. The van der Waals surface area contributed by atoms with E-state index in [4.69, 9.17) is 0 Å². The number of rotatable bonds is 8. The number of anilines is 3. The predicted octanol–water partition coefficient (Wildman–Crippen LogP) is 17.0. The van der Waals surface area contributed by atoms with Crippen LogP contribution in [-0.2, 0) is 0 Å². The minimum absolute atomic E-state index is 0.0985. The van der Waals surface area contributed by atoms with Crippen molar-refractivity contribution in [3.63, 3.8) is 0 Å². The van der Waals surface area contributed by atoms with Crippen molar-refractivity contribution >= 4 is 49.4 Å². The summed E-state index contributed by atoms with van der Waals surface area (Å²) in [5.74, 6) is 0. The van der Waals surface area contributed by atoms with Crippen LogP contribution in [0, 0.1) is 0 Å². The molecule has 0 N–H and O–H groups in total. The summed E-state index contributed by atoms with van der Waals surface area (Å²) in [5, 5.41) is 7.08. The second kappa shape index (κ2) is 15.6. The van der Waals surface area contributed by atoms with E-state index in [9.17, 15) is 5.48 Å². The second-order valence-corrected chi connectivity index (χ2v) is 15.4. The van der Waals surface area contributed by atoms with Gasteiger partial charge in [-0.25, -0.2) is 0 Å². The molecule has 0 aliphatic carbocycles. The molecule has 0 amide bonds. The van der Waals surface area contributed by atoms with E-state index in [1.54, 1.807) is 0 Å². The fourth-order valence-electron chi connectivity index (χ4n) is 8.64. The summed E-state index contributed by atoms with van der Waals surface area (Å²) in [7, 11) is 0. The lowest BCUT2D eigenvalue weighted by atomic mass is 9.89. The average Bonchev–Trinajstić information content (AvgIpc) is 3.37. The fraction of sp³-hybridized carbons (Fsp3) is 0. The quantitative estimate of drug-likeness (QED) is 0.139. The molecule has 1 nitrogen and oxygen atoms in total. The van der Waals surface area contributed by atoms with Crippen LogP contribution >= 0.6 is 0 Å². The summed E-state index contributed by atoms with van der Waals surface area (Å²) in [6.07, 6.45) is 0. The first-order valence-electron chi connectivity index (χ1n) is 22.7. The van der Waals surface area contributed by atoms with E-state index in [-0.39, 0.29) is 35.4 Å². The van der Waals surface area contributed by atoms with Crippen molar-refractivity contribution in [2.75, 3.05) is 4.90 Å². The van der Waals surface area contributed by atoms with E-state index < -0.39 is 0 Å². The highest BCUT2D eigenvalue weighted by Crippen LogP contribution is 2.42. The van der Waals surface area contributed by atoms with E-state index in [0.29, 0.717) is 16.9 Å². The van der Waals surface area contributed by atoms with Gasteiger partial charge in [-0.1, -0.05) is 206 Å². The van der Waals surface area contributed by atoms with Gasteiger partial charge in [0.25, 0.3) is 0 Å². The Labute approximate surface area is 362 Å². The molecular weight excluding hydrogens is 735 g/mol. The van der Waals surface area contributed by atoms with Crippen molar-refractivity contribution in [3.05, 3.63) is 249 Å². The maximum absolute atomic E-state index is 9.60. The largest absolute Gasteiger partial charge is 0.311 e. The molecule has 0 spiro atoms. The molecule has 0 unspecified atom stereocenters. The lowest BCUT2D eigenvalue weighted by molar-refractivity contribution is 1.28. The minimum atomic E-state index is -0.122. The van der Waals surface area contributed by atoms with E-state index >= 15 is 0 Å². The molecule has 11 rings (SSSR count). The van der Waals surface area contributed by atoms with Crippen LogP contribution in [0.5, 0.6) is 0 Å². The first-order chi connectivity index (χ1) is 31.9. The molecule has 0 aliphatic rings. The summed E-state index contributed by atoms with van der Waals surface area (Å²) in [6.45, 7) is 0. The third-order valence-corrected chi connectivity index (χ3v) is 11.7. The van der Waals surface area contributed by atoms with Gasteiger partial charge in [-0.3, -0.25) is 0 Å². The summed E-state index contributed by atoms with van der Waals surface area (Å²) in [6, 6.07) is 76.3. The summed E-state index contributed by atoms with van der Waals surface area (Å²) in [4.78, 5) is 1.87. The van der Waals surface area contributed by atoms with Gasteiger partial charge in [-0.15, -0.1) is 0 Å². The molecule has 0 saturated carbocycles. The monoisotopic (exact) mass is 779 g/mol. The topological polar surface area (TPSA) is 3.24 Å². The van der Waals surface area contributed by atoms with Crippen molar-refractivity contribution in [1.82, 2.24) is 0 Å². The van der Waals surface area contributed by atoms with Gasteiger partial charge in [0.05, 0.1) is 5.48 Å². The molecule has 0 aromatic heterocycles. The molecule has 0 radical (unpaired) electrons. The summed E-state index contributed by atoms with van der Waals surface area (Å²) >= 11 is 0. The van der Waals surface area contributed by atoms with Crippen LogP contribution in [0.1, 0.15) is 5.48 Å². The minimum Gasteiger partial charge on any atom is -0.311 e. The zero-order valence-electron chi connectivity index (χ0n) is 37.3. The zero-order valence-corrected chi connectivity index (χ0v) is 33.3. The van der Waals surface area contributed by atoms with Crippen LogP contribution in [0.15, 0.2) is 249 Å². The van der Waals surface area contributed by atoms with E-state index in [0.717, 1.165) is 60.7 Å². The van der Waals surface area contributed by atoms with Gasteiger partial charge < -0.3 is 4.90 Å². The highest BCUT2D eigenvalue weighted by Gasteiger charge is 2.17. The molecule has 0 atom stereocenters. The van der Waals surface area contributed by atoms with E-state index in [1.807, 2.05) is 89.8 Å². The molecule has 0 saturated heterocycles. The molecule has 11 aromatic rings. The van der Waals surface area contributed by atoms with Crippen molar-refractivity contribution in [1.29, 1.82) is 0 Å². The Kier molecular flexibility index (Phi) is 8.18. The number of fused-ring (bicyclic) bond motifs is 4.